The van der Waals surface area contributed by atoms with Crippen LogP contribution in [0.2, 0.25) is 0 Å². The van der Waals surface area contributed by atoms with Gasteiger partial charge in [0.1, 0.15) is 12.1 Å². The van der Waals surface area contributed by atoms with Crippen LogP contribution in [0.4, 0.5) is 5.69 Å². The van der Waals surface area contributed by atoms with Crippen molar-refractivity contribution in [3.05, 3.63) is 30.3 Å². The molecule has 0 unspecified atom stereocenters. The summed E-state index contributed by atoms with van der Waals surface area (Å²) < 4.78 is 0. The van der Waals surface area contributed by atoms with E-state index in [1.165, 1.54) is 6.92 Å². The number of nitrogens with one attached hydrogen (secondary N) is 1. The summed E-state index contributed by atoms with van der Waals surface area (Å²) in [5.41, 5.74) is 6.30. The fraction of sp³-hybridized carbons (Fsp3) is 0.526. The second kappa shape index (κ2) is 9.91. The molecule has 0 heterocycles. The van der Waals surface area contributed by atoms with Crippen molar-refractivity contribution >= 4 is 23.5 Å². The monoisotopic (exact) mass is 363 g/mol. The zero-order chi connectivity index (χ0) is 19.9. The van der Waals surface area contributed by atoms with Crippen LogP contribution in [0, 0.1) is 5.92 Å². The molecule has 0 radical (unpaired) electrons. The van der Waals surface area contributed by atoms with Crippen LogP contribution in [-0.2, 0) is 14.4 Å². The van der Waals surface area contributed by atoms with Gasteiger partial charge in [0.15, 0.2) is 0 Å². The Morgan fingerprint density at radius 2 is 1.69 bits per heavy atom. The van der Waals surface area contributed by atoms with E-state index in [1.807, 2.05) is 19.9 Å². The summed E-state index contributed by atoms with van der Waals surface area (Å²) in [5, 5.41) is 11.9. The van der Waals surface area contributed by atoms with Gasteiger partial charge in [-0.3, -0.25) is 14.9 Å². The van der Waals surface area contributed by atoms with Crippen molar-refractivity contribution in [3.8, 4) is 0 Å². The summed E-state index contributed by atoms with van der Waals surface area (Å²) in [7, 11) is 0. The molecule has 0 spiro atoms. The van der Waals surface area contributed by atoms with Gasteiger partial charge < -0.3 is 15.7 Å². The van der Waals surface area contributed by atoms with Crippen molar-refractivity contribution in [2.75, 3.05) is 4.90 Å². The highest BCUT2D eigenvalue weighted by Crippen LogP contribution is 2.24. The van der Waals surface area contributed by atoms with Crippen LogP contribution in [0.15, 0.2) is 30.3 Å². The lowest BCUT2D eigenvalue weighted by atomic mass is 9.99. The van der Waals surface area contributed by atoms with Gasteiger partial charge in [0.25, 0.3) is 0 Å². The maximum Gasteiger partial charge on any atom is 0.326 e. The van der Waals surface area contributed by atoms with E-state index in [9.17, 15) is 19.5 Å². The van der Waals surface area contributed by atoms with Gasteiger partial charge in [-0.05, 0) is 37.8 Å². The zero-order valence-electron chi connectivity index (χ0n) is 15.8. The first kappa shape index (κ1) is 21.6. The lowest BCUT2D eigenvalue weighted by Crippen LogP contribution is -2.56. The molecular formula is C19H29N3O4. The Balaban J connectivity index is 3.24. The van der Waals surface area contributed by atoms with Crippen molar-refractivity contribution in [2.45, 2.75) is 58.7 Å². The average molecular weight is 363 g/mol. The smallest absolute Gasteiger partial charge is 0.326 e. The van der Waals surface area contributed by atoms with Crippen LogP contribution in [0.25, 0.3) is 0 Å². The maximum absolute atomic E-state index is 12.8. The molecule has 1 aromatic carbocycles. The van der Waals surface area contributed by atoms with E-state index in [0.717, 1.165) is 0 Å². The fourth-order valence-corrected chi connectivity index (χ4v) is 2.67. The number of anilines is 1. The van der Waals surface area contributed by atoms with E-state index in [2.05, 4.69) is 5.32 Å². The first-order chi connectivity index (χ1) is 12.2. The summed E-state index contributed by atoms with van der Waals surface area (Å²) in [6.45, 7) is 7.15. The number of nitrogens with two attached hydrogens (primary N) is 1. The van der Waals surface area contributed by atoms with Crippen molar-refractivity contribution in [1.82, 2.24) is 5.32 Å². The average Bonchev–Trinajstić information content (AvgIpc) is 2.60. The van der Waals surface area contributed by atoms with E-state index in [4.69, 9.17) is 5.73 Å². The number of imide groups is 1. The van der Waals surface area contributed by atoms with E-state index >= 15 is 0 Å². The van der Waals surface area contributed by atoms with Gasteiger partial charge in [0.05, 0.1) is 6.04 Å². The highest BCUT2D eigenvalue weighted by Gasteiger charge is 2.34. The van der Waals surface area contributed by atoms with Crippen LogP contribution in [-0.4, -0.2) is 41.0 Å². The molecule has 26 heavy (non-hydrogen) atoms. The van der Waals surface area contributed by atoms with Crippen molar-refractivity contribution in [3.63, 3.8) is 0 Å². The molecule has 0 fully saturated rings. The van der Waals surface area contributed by atoms with Gasteiger partial charge in [0, 0.05) is 5.69 Å². The summed E-state index contributed by atoms with van der Waals surface area (Å²) in [4.78, 5) is 38.1. The summed E-state index contributed by atoms with van der Waals surface area (Å²) in [5.74, 6) is -2.02. The molecule has 0 aliphatic rings. The molecule has 0 aromatic heterocycles. The number of rotatable bonds is 9. The second-order valence-electron chi connectivity index (χ2n) is 6.77. The molecule has 4 N–H and O–H groups in total. The maximum atomic E-state index is 12.8. The number of aliphatic carboxylic acids is 1. The van der Waals surface area contributed by atoms with Crippen LogP contribution >= 0.6 is 0 Å². The van der Waals surface area contributed by atoms with Gasteiger partial charge in [-0.25, -0.2) is 4.79 Å². The number of carboxylic acid groups (broad SMARTS) is 1. The molecule has 144 valence electrons. The Morgan fingerprint density at radius 1 is 1.12 bits per heavy atom. The molecule has 7 heteroatoms. The van der Waals surface area contributed by atoms with Gasteiger partial charge >= 0.3 is 5.97 Å². The molecule has 0 saturated heterocycles. The van der Waals surface area contributed by atoms with Crippen molar-refractivity contribution in [1.29, 1.82) is 0 Å². The fourth-order valence-electron chi connectivity index (χ4n) is 2.67. The number of amides is 2. The van der Waals surface area contributed by atoms with E-state index < -0.39 is 35.9 Å². The Hall–Kier alpha value is -2.41. The Kier molecular flexibility index (Phi) is 8.25. The van der Waals surface area contributed by atoms with Crippen LogP contribution in [0.3, 0.4) is 0 Å². The molecule has 7 nitrogen and oxygen atoms in total. The largest absolute Gasteiger partial charge is 0.480 e. The highest BCUT2D eigenvalue weighted by molar-refractivity contribution is 6.01. The minimum Gasteiger partial charge on any atom is -0.480 e. The van der Waals surface area contributed by atoms with E-state index in [0.29, 0.717) is 18.5 Å². The third-order valence-electron chi connectivity index (χ3n) is 4.19. The Labute approximate surface area is 154 Å². The molecule has 1 aromatic rings. The molecule has 3 atom stereocenters. The van der Waals surface area contributed by atoms with Crippen LogP contribution in [0.5, 0.6) is 0 Å². The standard InChI is InChI=1S/C19H29N3O4/c1-5-15(20)17(23)21-18(24)16(11-12(2)3)22(13(4)19(25)26)14-9-7-6-8-10-14/h6-10,12-13,15-16H,5,11,20H2,1-4H3,(H,25,26)(H,21,23,24)/t13-,15+,16+/m1/s1. The first-order valence-electron chi connectivity index (χ1n) is 8.85. The molecular weight excluding hydrogens is 334 g/mol. The topological polar surface area (TPSA) is 113 Å². The Morgan fingerprint density at radius 3 is 2.15 bits per heavy atom. The van der Waals surface area contributed by atoms with Gasteiger partial charge in [-0.2, -0.15) is 0 Å². The molecule has 1 rings (SSSR count). The number of carbonyl (C=O) groups excluding carboxylic acids is 2. The summed E-state index contributed by atoms with van der Waals surface area (Å²) in [6.07, 6.45) is 0.800. The summed E-state index contributed by atoms with van der Waals surface area (Å²) in [6, 6.07) is 6.34. The number of carboxylic acids is 1. The molecule has 0 saturated carbocycles. The van der Waals surface area contributed by atoms with Crippen LogP contribution in [0.1, 0.15) is 40.5 Å². The zero-order valence-corrected chi connectivity index (χ0v) is 15.8. The molecule has 2 amide bonds. The summed E-state index contributed by atoms with van der Waals surface area (Å²) >= 11 is 0. The highest BCUT2D eigenvalue weighted by atomic mass is 16.4. The van der Waals surface area contributed by atoms with Gasteiger partial charge in [-0.1, -0.05) is 39.0 Å². The minimum absolute atomic E-state index is 0.118. The molecule has 0 aliphatic carbocycles. The number of para-hydroxylation sites is 1. The third-order valence-corrected chi connectivity index (χ3v) is 4.19. The quantitative estimate of drug-likeness (QED) is 0.616. The number of hydrogen-bond donors (Lipinski definition) is 3. The van der Waals surface area contributed by atoms with Crippen LogP contribution < -0.4 is 16.0 Å². The predicted octanol–water partition coefficient (Wildman–Crippen LogP) is 1.76. The van der Waals surface area contributed by atoms with Crippen molar-refractivity contribution < 1.29 is 19.5 Å². The van der Waals surface area contributed by atoms with Crippen molar-refractivity contribution in [2.24, 2.45) is 11.7 Å². The van der Waals surface area contributed by atoms with Gasteiger partial charge in [0.2, 0.25) is 11.8 Å². The van der Waals surface area contributed by atoms with E-state index in [-0.39, 0.29) is 5.92 Å². The third kappa shape index (κ3) is 5.84. The Bertz CT molecular complexity index is 618. The van der Waals surface area contributed by atoms with Gasteiger partial charge in [-0.15, -0.1) is 0 Å². The number of benzene rings is 1. The lowest BCUT2D eigenvalue weighted by Gasteiger charge is -2.36. The van der Waals surface area contributed by atoms with E-state index in [1.54, 1.807) is 36.1 Å². The second-order valence-corrected chi connectivity index (χ2v) is 6.77. The lowest BCUT2D eigenvalue weighted by molar-refractivity contribution is -0.138. The SMILES string of the molecule is CC[C@H](N)C(=O)NC(=O)[C@H](CC(C)C)N(c1ccccc1)[C@H](C)C(=O)O. The minimum atomic E-state index is -1.05. The number of nitrogens with zero attached hydrogens (tertiary/aromatic N) is 1. The number of carbonyl (C=O) groups is 3. The predicted molar refractivity (Wildman–Crippen MR) is 101 cm³/mol. The first-order valence-corrected chi connectivity index (χ1v) is 8.85. The molecule has 0 bridgehead atoms. The normalized spacial score (nSPS) is 14.4. The number of hydrogen-bond acceptors (Lipinski definition) is 5. The molecule has 0 aliphatic heterocycles.